The number of nitrogens with one attached hydrogen (secondary N) is 1. The van der Waals surface area contributed by atoms with Gasteiger partial charge >= 0.3 is 17.1 Å². The second-order valence-corrected chi connectivity index (χ2v) is 6.68. The number of rotatable bonds is 7. The van der Waals surface area contributed by atoms with Gasteiger partial charge < -0.3 is 20.3 Å². The van der Waals surface area contributed by atoms with E-state index in [4.69, 9.17) is 0 Å². The zero-order valence-electron chi connectivity index (χ0n) is 16.6. The average Bonchev–Trinajstić information content (AvgIpc) is 2.78. The van der Waals surface area contributed by atoms with Gasteiger partial charge in [-0.05, 0) is 48.3 Å². The molecular weight excluding hydrogens is 450 g/mol. The van der Waals surface area contributed by atoms with Gasteiger partial charge in [0.25, 0.3) is 0 Å². The van der Waals surface area contributed by atoms with Gasteiger partial charge in [-0.25, -0.2) is 0 Å². The zero-order valence-corrected chi connectivity index (χ0v) is 18.4. The van der Waals surface area contributed by atoms with Crippen LogP contribution in [0.3, 0.4) is 0 Å². The molecule has 0 amide bonds. The fraction of sp³-hybridized carbons (Fsp3) is 0.227. The van der Waals surface area contributed by atoms with Crippen molar-refractivity contribution in [3.63, 3.8) is 0 Å². The van der Waals surface area contributed by atoms with Gasteiger partial charge in [0.05, 0.1) is 5.97 Å². The van der Waals surface area contributed by atoms with Crippen LogP contribution in [0.25, 0.3) is 0 Å². The largest absolute Gasteiger partial charge is 2.00 e. The maximum Gasteiger partial charge on any atom is 2.00 e. The Hall–Kier alpha value is -2.38. The molecule has 0 aliphatic carbocycles. The fourth-order valence-electron chi connectivity index (χ4n) is 2.05. The molecule has 3 rings (SSSR count). The third-order valence-corrected chi connectivity index (χ3v) is 4.18. The summed E-state index contributed by atoms with van der Waals surface area (Å²) in [6.07, 6.45) is 9.41. The molecule has 2 heterocycles. The minimum absolute atomic E-state index is 0. The maximum absolute atomic E-state index is 11.4. The molecule has 0 aliphatic heterocycles. The van der Waals surface area contributed by atoms with Crippen LogP contribution in [0.4, 0.5) is 0 Å². The first kappa shape index (κ1) is 27.6. The molecule has 2 aromatic heterocycles. The number of thioether (sulfide) groups is 1. The van der Waals surface area contributed by atoms with Crippen molar-refractivity contribution >= 4 is 17.7 Å². The Morgan fingerprint density at radius 3 is 1.87 bits per heavy atom. The van der Waals surface area contributed by atoms with Gasteiger partial charge in [-0.1, -0.05) is 36.4 Å². The van der Waals surface area contributed by atoms with E-state index in [1.165, 1.54) is 6.07 Å². The molecule has 8 heteroatoms. The normalized spacial score (nSPS) is 10.2. The summed E-state index contributed by atoms with van der Waals surface area (Å²) >= 11 is 1.58. The van der Waals surface area contributed by atoms with Crippen molar-refractivity contribution in [2.75, 3.05) is 12.0 Å². The summed E-state index contributed by atoms with van der Waals surface area (Å²) in [5.74, 6) is -0.464. The van der Waals surface area contributed by atoms with Crippen LogP contribution in [0.1, 0.15) is 12.0 Å². The number of aliphatic carboxylic acids is 1. The summed E-state index contributed by atoms with van der Waals surface area (Å²) in [7, 11) is 0. The van der Waals surface area contributed by atoms with Crippen LogP contribution >= 0.6 is 11.8 Å². The molecule has 0 fully saturated rings. The van der Waals surface area contributed by atoms with Gasteiger partial charge in [0.2, 0.25) is 0 Å². The molecule has 163 valence electrons. The van der Waals surface area contributed by atoms with Gasteiger partial charge in [0.15, 0.2) is 0 Å². The van der Waals surface area contributed by atoms with Crippen LogP contribution < -0.4 is 15.5 Å². The minimum Gasteiger partial charge on any atom is -0.872 e. The van der Waals surface area contributed by atoms with Crippen LogP contribution in [0.15, 0.2) is 85.5 Å². The molecule has 0 spiro atoms. The van der Waals surface area contributed by atoms with E-state index in [0.717, 1.165) is 5.75 Å². The van der Waals surface area contributed by atoms with Gasteiger partial charge in [-0.3, -0.25) is 9.97 Å². The summed E-state index contributed by atoms with van der Waals surface area (Å²) in [5.41, 5.74) is 0.572. The second-order valence-electron chi connectivity index (χ2n) is 5.69. The summed E-state index contributed by atoms with van der Waals surface area (Å²) < 4.78 is 0. The van der Waals surface area contributed by atoms with Crippen molar-refractivity contribution in [2.24, 2.45) is 0 Å². The first-order valence-electron chi connectivity index (χ1n) is 9.03. The number of aromatic nitrogens is 2. The van der Waals surface area contributed by atoms with E-state index in [-0.39, 0.29) is 29.4 Å². The number of carbonyl (C=O) groups is 1. The summed E-state index contributed by atoms with van der Waals surface area (Å²) in [6.45, 7) is 0.257. The number of hydrogen-bond donors (Lipinski definition) is 1. The van der Waals surface area contributed by atoms with E-state index < -0.39 is 12.0 Å². The number of para-hydroxylation sites is 1. The van der Waals surface area contributed by atoms with Crippen LogP contribution in [0.5, 0.6) is 5.75 Å². The van der Waals surface area contributed by atoms with Gasteiger partial charge in [-0.2, -0.15) is 11.8 Å². The van der Waals surface area contributed by atoms with Crippen LogP contribution in [0.2, 0.25) is 0 Å². The molecule has 30 heavy (non-hydrogen) atoms. The minimum atomic E-state index is -1.12. The number of carboxylic acids is 1. The smallest absolute Gasteiger partial charge is 0.872 e. The Morgan fingerprint density at radius 1 is 0.967 bits per heavy atom. The molecule has 0 bridgehead atoms. The van der Waals surface area contributed by atoms with Crippen LogP contribution in [-0.4, -0.2) is 34.0 Å². The average molecular weight is 475 g/mol. The van der Waals surface area contributed by atoms with Crippen LogP contribution in [0, 0.1) is 0 Å². The molecule has 0 saturated heterocycles. The van der Waals surface area contributed by atoms with E-state index in [1.54, 1.807) is 54.7 Å². The van der Waals surface area contributed by atoms with Crippen molar-refractivity contribution in [1.29, 1.82) is 0 Å². The monoisotopic (exact) mass is 474 g/mol. The molecule has 0 saturated carbocycles. The molecule has 1 aromatic carbocycles. The quantitative estimate of drug-likeness (QED) is 0.521. The first-order valence-corrected chi connectivity index (χ1v) is 10.4. The summed E-state index contributed by atoms with van der Waals surface area (Å²) in [6, 6.07) is 17.3. The van der Waals surface area contributed by atoms with Crippen molar-refractivity contribution in [2.45, 2.75) is 19.0 Å². The molecule has 6 nitrogen and oxygen atoms in total. The number of hydrogen-bond acceptors (Lipinski definition) is 7. The number of benzene rings is 1. The second kappa shape index (κ2) is 18.6. The Labute approximate surface area is 192 Å². The first-order chi connectivity index (χ1) is 14.1. The topological polar surface area (TPSA) is 101 Å². The van der Waals surface area contributed by atoms with Crippen molar-refractivity contribution in [1.82, 2.24) is 15.3 Å². The zero-order chi connectivity index (χ0) is 21.2. The number of carbonyl (C=O) groups excluding carboxylic acids is 1. The van der Waals surface area contributed by atoms with E-state index >= 15 is 0 Å². The van der Waals surface area contributed by atoms with Gasteiger partial charge in [0, 0.05) is 37.4 Å². The van der Waals surface area contributed by atoms with Crippen molar-refractivity contribution in [3.8, 4) is 5.75 Å². The summed E-state index contributed by atoms with van der Waals surface area (Å²) in [4.78, 5) is 18.4. The fourth-order valence-corrected chi connectivity index (χ4v) is 2.52. The maximum atomic E-state index is 11.4. The Kier molecular flexibility index (Phi) is 17.2. The Morgan fingerprint density at radius 2 is 1.50 bits per heavy atom. The number of nitrogens with zero attached hydrogens (tertiary/aromatic N) is 2. The van der Waals surface area contributed by atoms with Crippen LogP contribution in [-0.2, 0) is 28.4 Å². The third-order valence-electron chi connectivity index (χ3n) is 3.54. The Balaban J connectivity index is 0.000000524. The van der Waals surface area contributed by atoms with Crippen molar-refractivity contribution < 1.29 is 32.1 Å². The molecule has 1 atom stereocenters. The van der Waals surface area contributed by atoms with E-state index in [1.807, 2.05) is 42.7 Å². The predicted molar refractivity (Wildman–Crippen MR) is 113 cm³/mol. The molecule has 1 radical (unpaired) electrons. The SMILES string of the molecule is CSCC[C@@H](NCc1ccccc1[O-])C(=O)[O-].[Cu+2].c1ccncc1.c1ccncc1. The standard InChI is InChI=1S/C12H17NO3S.2C5H5N.Cu/c1-17-7-6-10(12(15)16)13-8-9-4-2-3-5-11(9)14;2*1-2-4-6-5-3-1;/h2-5,10,13-14H,6-8H2,1H3,(H,15,16);2*1-5H;/q;;;+2/p-2/t10-;;;/m1.../s1. The molecular formula is C22H25CuN3O3S. The van der Waals surface area contributed by atoms with E-state index in [9.17, 15) is 15.0 Å². The van der Waals surface area contributed by atoms with Gasteiger partial charge in [-0.15, -0.1) is 5.75 Å². The van der Waals surface area contributed by atoms with Gasteiger partial charge in [0.1, 0.15) is 0 Å². The number of pyridine rings is 2. The van der Waals surface area contributed by atoms with E-state index in [2.05, 4.69) is 15.3 Å². The number of carboxylic acid groups (broad SMARTS) is 1. The van der Waals surface area contributed by atoms with E-state index in [0.29, 0.717) is 12.0 Å². The molecule has 3 aromatic rings. The molecule has 1 N–H and O–H groups in total. The summed E-state index contributed by atoms with van der Waals surface area (Å²) in [5, 5.41) is 25.1. The van der Waals surface area contributed by atoms with Crippen molar-refractivity contribution in [3.05, 3.63) is 91.0 Å². The molecule has 0 unspecified atom stereocenters. The molecule has 0 aliphatic rings. The Bertz CT molecular complexity index is 698. The predicted octanol–water partition coefficient (Wildman–Crippen LogP) is 1.88. The third kappa shape index (κ3) is 13.7.